The lowest BCUT2D eigenvalue weighted by Gasteiger charge is -2.41. The first kappa shape index (κ1) is 24.0. The minimum Gasteiger partial charge on any atom is -0.317 e. The van der Waals surface area contributed by atoms with Crippen molar-refractivity contribution in [2.24, 2.45) is 17.8 Å². The van der Waals surface area contributed by atoms with Crippen molar-refractivity contribution in [3.05, 3.63) is 0 Å². The van der Waals surface area contributed by atoms with Gasteiger partial charge in [-0.25, -0.2) is 13.2 Å². The van der Waals surface area contributed by atoms with Gasteiger partial charge in [-0.3, -0.25) is 4.74 Å². The average molecular weight is 452 g/mol. The van der Waals surface area contributed by atoms with Gasteiger partial charge >= 0.3 is 12.5 Å². The Labute approximate surface area is 170 Å². The van der Waals surface area contributed by atoms with E-state index in [2.05, 4.69) is 9.47 Å². The van der Waals surface area contributed by atoms with E-state index in [0.29, 0.717) is 12.3 Å². The standard InChI is InChI=1S/C20H28F8O2/c21-15-8-12(11-4-2-1-3-5-11)6-7-14(15)19(24,25)29-13-9-16(22)18(17(23)10-13)30-20(26,27)28/h11-18H,1-10H2. The molecule has 3 aliphatic carbocycles. The highest BCUT2D eigenvalue weighted by Crippen LogP contribution is 2.47. The number of halogens is 8. The van der Waals surface area contributed by atoms with Crippen LogP contribution in [0.4, 0.5) is 35.1 Å². The maximum absolute atomic E-state index is 14.7. The summed E-state index contributed by atoms with van der Waals surface area (Å²) >= 11 is 0. The molecule has 3 rings (SSSR count). The molecular weight excluding hydrogens is 424 g/mol. The molecule has 2 nitrogen and oxygen atoms in total. The van der Waals surface area contributed by atoms with Crippen LogP contribution in [-0.2, 0) is 9.47 Å². The van der Waals surface area contributed by atoms with Crippen molar-refractivity contribution in [3.63, 3.8) is 0 Å². The average Bonchev–Trinajstić information content (AvgIpc) is 2.64. The van der Waals surface area contributed by atoms with Crippen molar-refractivity contribution in [2.75, 3.05) is 0 Å². The predicted octanol–water partition coefficient (Wildman–Crippen LogP) is 6.67. The first-order valence-corrected chi connectivity index (χ1v) is 10.7. The number of hydrogen-bond donors (Lipinski definition) is 0. The maximum atomic E-state index is 14.7. The molecule has 30 heavy (non-hydrogen) atoms. The van der Waals surface area contributed by atoms with E-state index in [9.17, 15) is 35.1 Å². The second-order valence-electron chi connectivity index (χ2n) is 8.93. The third-order valence-corrected chi connectivity index (χ3v) is 6.84. The smallest absolute Gasteiger partial charge is 0.317 e. The number of hydrogen-bond acceptors (Lipinski definition) is 2. The second-order valence-corrected chi connectivity index (χ2v) is 8.93. The molecule has 0 aromatic rings. The maximum Gasteiger partial charge on any atom is 0.522 e. The van der Waals surface area contributed by atoms with Crippen LogP contribution in [0.2, 0.25) is 0 Å². The molecule has 3 fully saturated rings. The number of alkyl halides is 8. The molecule has 0 amide bonds. The van der Waals surface area contributed by atoms with Crippen LogP contribution in [0.5, 0.6) is 0 Å². The molecular formula is C20H28F8O2. The van der Waals surface area contributed by atoms with Crippen molar-refractivity contribution < 1.29 is 44.6 Å². The summed E-state index contributed by atoms with van der Waals surface area (Å²) in [6, 6.07) is 0. The van der Waals surface area contributed by atoms with E-state index < -0.39 is 62.0 Å². The van der Waals surface area contributed by atoms with Crippen LogP contribution in [-0.4, -0.2) is 43.2 Å². The van der Waals surface area contributed by atoms with E-state index >= 15 is 0 Å². The minimum absolute atomic E-state index is 0.0118. The molecule has 0 bridgehead atoms. The Morgan fingerprint density at radius 1 is 0.600 bits per heavy atom. The third-order valence-electron chi connectivity index (χ3n) is 6.84. The summed E-state index contributed by atoms with van der Waals surface area (Å²) in [6.07, 6.45) is -16.1. The zero-order valence-corrected chi connectivity index (χ0v) is 16.5. The van der Waals surface area contributed by atoms with Gasteiger partial charge in [0.2, 0.25) is 0 Å². The molecule has 0 N–H and O–H groups in total. The largest absolute Gasteiger partial charge is 0.522 e. The van der Waals surface area contributed by atoms with Crippen molar-refractivity contribution in [2.45, 2.75) is 107 Å². The molecule has 5 atom stereocenters. The van der Waals surface area contributed by atoms with Gasteiger partial charge in [0, 0.05) is 12.8 Å². The van der Waals surface area contributed by atoms with Crippen molar-refractivity contribution in [1.29, 1.82) is 0 Å². The van der Waals surface area contributed by atoms with Crippen LogP contribution in [0.25, 0.3) is 0 Å². The SMILES string of the molecule is FC1CC(OC(F)(F)C2CCC(C3CCCCC3)CC2F)CC(F)C1OC(F)(F)F. The van der Waals surface area contributed by atoms with E-state index in [-0.39, 0.29) is 18.8 Å². The second kappa shape index (κ2) is 9.46. The molecule has 5 unspecified atom stereocenters. The molecule has 176 valence electrons. The highest BCUT2D eigenvalue weighted by atomic mass is 19.4. The lowest BCUT2D eigenvalue weighted by molar-refractivity contribution is -0.365. The minimum atomic E-state index is -5.24. The zero-order valence-electron chi connectivity index (χ0n) is 16.5. The molecule has 0 aliphatic heterocycles. The fourth-order valence-corrected chi connectivity index (χ4v) is 5.36. The van der Waals surface area contributed by atoms with E-state index in [1.165, 1.54) is 0 Å². The number of ether oxygens (including phenoxy) is 2. The summed E-state index contributed by atoms with van der Waals surface area (Å²) in [6.45, 7) is 0. The van der Waals surface area contributed by atoms with Crippen LogP contribution in [0.15, 0.2) is 0 Å². The molecule has 3 saturated carbocycles. The predicted molar refractivity (Wildman–Crippen MR) is 92.1 cm³/mol. The van der Waals surface area contributed by atoms with E-state index in [0.717, 1.165) is 32.1 Å². The first-order valence-electron chi connectivity index (χ1n) is 10.7. The zero-order chi connectivity index (χ0) is 22.1. The highest BCUT2D eigenvalue weighted by molar-refractivity contribution is 4.92. The van der Waals surface area contributed by atoms with Crippen LogP contribution in [0.1, 0.15) is 64.2 Å². The quantitative estimate of drug-likeness (QED) is 0.434. The molecule has 0 heterocycles. The van der Waals surface area contributed by atoms with E-state index in [1.54, 1.807) is 0 Å². The fraction of sp³-hybridized carbons (Fsp3) is 1.00. The summed E-state index contributed by atoms with van der Waals surface area (Å²) in [4.78, 5) is 0. The van der Waals surface area contributed by atoms with Gasteiger partial charge in [-0.05, 0) is 31.1 Å². The highest BCUT2D eigenvalue weighted by Gasteiger charge is 2.53. The summed E-state index contributed by atoms with van der Waals surface area (Å²) in [7, 11) is 0. The van der Waals surface area contributed by atoms with Gasteiger partial charge in [0.05, 0.1) is 12.0 Å². The van der Waals surface area contributed by atoms with Gasteiger partial charge in [0.15, 0.2) is 0 Å². The van der Waals surface area contributed by atoms with Gasteiger partial charge in [-0.15, -0.1) is 13.2 Å². The molecule has 0 aromatic heterocycles. The Kier molecular flexibility index (Phi) is 7.58. The first-order chi connectivity index (χ1) is 14.0. The summed E-state index contributed by atoms with van der Waals surface area (Å²) in [5, 5.41) is 0. The van der Waals surface area contributed by atoms with Crippen LogP contribution in [0, 0.1) is 17.8 Å². The Hall–Kier alpha value is -0.640. The molecule has 10 heteroatoms. The van der Waals surface area contributed by atoms with Gasteiger partial charge in [-0.2, -0.15) is 8.78 Å². The topological polar surface area (TPSA) is 18.5 Å². The Bertz CT molecular complexity index is 539. The Balaban J connectivity index is 1.54. The fourth-order valence-electron chi connectivity index (χ4n) is 5.36. The number of rotatable bonds is 5. The third kappa shape index (κ3) is 5.99. The van der Waals surface area contributed by atoms with Crippen LogP contribution >= 0.6 is 0 Å². The van der Waals surface area contributed by atoms with Gasteiger partial charge in [0.1, 0.15) is 24.6 Å². The lowest BCUT2D eigenvalue weighted by Crippen LogP contribution is -2.50. The van der Waals surface area contributed by atoms with Gasteiger partial charge in [0.25, 0.3) is 0 Å². The molecule has 0 saturated heterocycles. The van der Waals surface area contributed by atoms with Gasteiger partial charge in [-0.1, -0.05) is 32.1 Å². The molecule has 3 aliphatic rings. The molecule has 0 radical (unpaired) electrons. The molecule has 0 spiro atoms. The Morgan fingerprint density at radius 3 is 1.73 bits per heavy atom. The summed E-state index contributed by atoms with van der Waals surface area (Å²) in [5.74, 6) is -1.33. The van der Waals surface area contributed by atoms with Crippen LogP contribution in [0.3, 0.4) is 0 Å². The monoisotopic (exact) mass is 452 g/mol. The van der Waals surface area contributed by atoms with E-state index in [4.69, 9.17) is 0 Å². The van der Waals surface area contributed by atoms with E-state index in [1.807, 2.05) is 0 Å². The van der Waals surface area contributed by atoms with Crippen molar-refractivity contribution >= 4 is 0 Å². The Morgan fingerprint density at radius 2 is 1.20 bits per heavy atom. The normalized spacial score (nSPS) is 39.8. The molecule has 0 aromatic carbocycles. The van der Waals surface area contributed by atoms with Crippen molar-refractivity contribution in [1.82, 2.24) is 0 Å². The van der Waals surface area contributed by atoms with Crippen molar-refractivity contribution in [3.8, 4) is 0 Å². The van der Waals surface area contributed by atoms with Gasteiger partial charge < -0.3 is 4.74 Å². The lowest BCUT2D eigenvalue weighted by atomic mass is 9.70. The summed E-state index contributed by atoms with van der Waals surface area (Å²) in [5.41, 5.74) is 0. The summed E-state index contributed by atoms with van der Waals surface area (Å²) < 4.78 is 117. The van der Waals surface area contributed by atoms with Crippen LogP contribution < -0.4 is 0 Å².